The molecular formula is C21H24N2O5. The molecule has 0 atom stereocenters. The Morgan fingerprint density at radius 1 is 1.18 bits per heavy atom. The van der Waals surface area contributed by atoms with Crippen molar-refractivity contribution in [3.05, 3.63) is 47.5 Å². The summed E-state index contributed by atoms with van der Waals surface area (Å²) >= 11 is 0. The standard InChI is InChI=1S/C21H24N2O5/c1-14-6-4-5-7-18(14)26-9-8-23(3)12-21(25)22-17-11-20-19(27-13-28-20)10-16(17)15(2)24/h4-7,10-11H,8-9,12-13H2,1-3H3,(H,22,25). The van der Waals surface area contributed by atoms with Gasteiger partial charge in [0.05, 0.1) is 12.2 Å². The summed E-state index contributed by atoms with van der Waals surface area (Å²) in [4.78, 5) is 26.2. The average molecular weight is 384 g/mol. The molecule has 0 aromatic heterocycles. The zero-order chi connectivity index (χ0) is 20.1. The van der Waals surface area contributed by atoms with Crippen LogP contribution in [0, 0.1) is 6.92 Å². The molecule has 7 nitrogen and oxygen atoms in total. The van der Waals surface area contributed by atoms with Crippen LogP contribution in [0.4, 0.5) is 5.69 Å². The highest BCUT2D eigenvalue weighted by Gasteiger charge is 2.20. The zero-order valence-corrected chi connectivity index (χ0v) is 16.3. The minimum absolute atomic E-state index is 0.105. The number of ether oxygens (including phenoxy) is 3. The third-order valence-electron chi connectivity index (χ3n) is 4.40. The molecule has 2 aromatic carbocycles. The number of rotatable bonds is 8. The number of carbonyl (C=O) groups excluding carboxylic acids is 2. The van der Waals surface area contributed by atoms with Crippen molar-refractivity contribution < 1.29 is 23.8 Å². The van der Waals surface area contributed by atoms with Gasteiger partial charge in [0.1, 0.15) is 12.4 Å². The summed E-state index contributed by atoms with van der Waals surface area (Å²) in [6, 6.07) is 11.0. The number of Topliss-reactive ketones (excluding diaryl/α,β-unsaturated/α-hetero) is 1. The number of hydrogen-bond acceptors (Lipinski definition) is 6. The van der Waals surface area contributed by atoms with Gasteiger partial charge in [-0.15, -0.1) is 0 Å². The third-order valence-corrected chi connectivity index (χ3v) is 4.40. The molecule has 148 valence electrons. The van der Waals surface area contributed by atoms with Gasteiger partial charge < -0.3 is 19.5 Å². The second-order valence-corrected chi connectivity index (χ2v) is 6.71. The lowest BCUT2D eigenvalue weighted by Crippen LogP contribution is -2.33. The molecule has 0 radical (unpaired) electrons. The first-order valence-corrected chi connectivity index (χ1v) is 9.05. The molecule has 0 fully saturated rings. The van der Waals surface area contributed by atoms with Crippen molar-refractivity contribution in [2.45, 2.75) is 13.8 Å². The zero-order valence-electron chi connectivity index (χ0n) is 16.3. The lowest BCUT2D eigenvalue weighted by molar-refractivity contribution is -0.117. The first-order chi connectivity index (χ1) is 13.4. The molecule has 7 heteroatoms. The van der Waals surface area contributed by atoms with Crippen LogP contribution >= 0.6 is 0 Å². The van der Waals surface area contributed by atoms with Crippen LogP contribution in [-0.4, -0.2) is 50.1 Å². The highest BCUT2D eigenvalue weighted by atomic mass is 16.7. The van der Waals surface area contributed by atoms with Crippen LogP contribution in [0.25, 0.3) is 0 Å². The van der Waals surface area contributed by atoms with Crippen molar-refractivity contribution in [2.75, 3.05) is 38.9 Å². The van der Waals surface area contributed by atoms with E-state index < -0.39 is 0 Å². The van der Waals surface area contributed by atoms with Crippen LogP contribution in [0.1, 0.15) is 22.8 Å². The van der Waals surface area contributed by atoms with Crippen LogP contribution in [0.2, 0.25) is 0 Å². The molecule has 0 spiro atoms. The Labute approximate surface area is 164 Å². The second kappa shape index (κ2) is 8.75. The van der Waals surface area contributed by atoms with Gasteiger partial charge in [0.25, 0.3) is 0 Å². The second-order valence-electron chi connectivity index (χ2n) is 6.71. The lowest BCUT2D eigenvalue weighted by atomic mass is 10.1. The van der Waals surface area contributed by atoms with E-state index in [4.69, 9.17) is 14.2 Å². The van der Waals surface area contributed by atoms with E-state index >= 15 is 0 Å². The first kappa shape index (κ1) is 19.7. The number of para-hydroxylation sites is 1. The molecule has 2 aromatic rings. The van der Waals surface area contributed by atoms with Gasteiger partial charge in [-0.2, -0.15) is 0 Å². The molecule has 1 aliphatic rings. The van der Waals surface area contributed by atoms with Crippen molar-refractivity contribution in [1.82, 2.24) is 4.90 Å². The minimum Gasteiger partial charge on any atom is -0.492 e. The Bertz CT molecular complexity index is 881. The van der Waals surface area contributed by atoms with Crippen molar-refractivity contribution in [2.24, 2.45) is 0 Å². The van der Waals surface area contributed by atoms with Gasteiger partial charge in [-0.1, -0.05) is 18.2 Å². The largest absolute Gasteiger partial charge is 0.492 e. The number of nitrogens with one attached hydrogen (secondary N) is 1. The van der Waals surface area contributed by atoms with Gasteiger partial charge in [-0.05, 0) is 38.6 Å². The van der Waals surface area contributed by atoms with E-state index in [9.17, 15) is 9.59 Å². The maximum Gasteiger partial charge on any atom is 0.238 e. The third kappa shape index (κ3) is 4.80. The van der Waals surface area contributed by atoms with Gasteiger partial charge in [-0.25, -0.2) is 0 Å². The number of hydrogen-bond donors (Lipinski definition) is 1. The van der Waals surface area contributed by atoms with E-state index in [2.05, 4.69) is 5.32 Å². The molecule has 0 bridgehead atoms. The number of amides is 1. The Morgan fingerprint density at radius 2 is 1.89 bits per heavy atom. The van der Waals surface area contributed by atoms with E-state index in [-0.39, 0.29) is 25.0 Å². The molecule has 0 saturated carbocycles. The smallest absolute Gasteiger partial charge is 0.238 e. The Morgan fingerprint density at radius 3 is 2.61 bits per heavy atom. The molecule has 0 saturated heterocycles. The molecular weight excluding hydrogens is 360 g/mol. The van der Waals surface area contributed by atoms with Gasteiger partial charge in [0.15, 0.2) is 17.3 Å². The molecule has 0 aliphatic carbocycles. The normalized spacial score (nSPS) is 12.1. The maximum atomic E-state index is 12.4. The Kier molecular flexibility index (Phi) is 6.16. The van der Waals surface area contributed by atoms with Gasteiger partial charge >= 0.3 is 0 Å². The molecule has 1 heterocycles. The number of anilines is 1. The maximum absolute atomic E-state index is 12.4. The summed E-state index contributed by atoms with van der Waals surface area (Å²) in [5, 5.41) is 2.79. The summed E-state index contributed by atoms with van der Waals surface area (Å²) in [5.74, 6) is 1.48. The highest BCUT2D eigenvalue weighted by molar-refractivity contribution is 6.05. The van der Waals surface area contributed by atoms with Crippen LogP contribution in [0.3, 0.4) is 0 Å². The van der Waals surface area contributed by atoms with Gasteiger partial charge in [0, 0.05) is 18.2 Å². The number of aryl methyl sites for hydroxylation is 1. The van der Waals surface area contributed by atoms with Gasteiger partial charge in [-0.3, -0.25) is 14.5 Å². The summed E-state index contributed by atoms with van der Waals surface area (Å²) in [5.41, 5.74) is 1.89. The van der Waals surface area contributed by atoms with E-state index in [1.807, 2.05) is 43.1 Å². The van der Waals surface area contributed by atoms with Crippen molar-refractivity contribution in [3.8, 4) is 17.2 Å². The molecule has 1 aliphatic heterocycles. The fraction of sp³-hybridized carbons (Fsp3) is 0.333. The highest BCUT2D eigenvalue weighted by Crippen LogP contribution is 2.37. The molecule has 0 unspecified atom stereocenters. The molecule has 1 amide bonds. The molecule has 28 heavy (non-hydrogen) atoms. The van der Waals surface area contributed by atoms with Crippen LogP contribution in [0.15, 0.2) is 36.4 Å². The Balaban J connectivity index is 1.54. The number of likely N-dealkylation sites (N-methyl/N-ethyl adjacent to an activating group) is 1. The average Bonchev–Trinajstić information content (AvgIpc) is 3.09. The summed E-state index contributed by atoms with van der Waals surface area (Å²) < 4.78 is 16.4. The van der Waals surface area contributed by atoms with Crippen molar-refractivity contribution in [1.29, 1.82) is 0 Å². The predicted octanol–water partition coefficient (Wildman–Crippen LogP) is 2.88. The number of carbonyl (C=O) groups is 2. The fourth-order valence-corrected chi connectivity index (χ4v) is 2.88. The quantitative estimate of drug-likeness (QED) is 0.706. The number of nitrogens with zero attached hydrogens (tertiary/aromatic N) is 1. The van der Waals surface area contributed by atoms with Gasteiger partial charge in [0.2, 0.25) is 12.7 Å². The summed E-state index contributed by atoms with van der Waals surface area (Å²) in [6.45, 7) is 4.77. The summed E-state index contributed by atoms with van der Waals surface area (Å²) in [6.07, 6.45) is 0. The fourth-order valence-electron chi connectivity index (χ4n) is 2.88. The minimum atomic E-state index is -0.222. The lowest BCUT2D eigenvalue weighted by Gasteiger charge is -2.18. The number of ketones is 1. The number of fused-ring (bicyclic) bond motifs is 1. The van der Waals surface area contributed by atoms with E-state index in [0.29, 0.717) is 35.9 Å². The topological polar surface area (TPSA) is 77.1 Å². The van der Waals surface area contributed by atoms with Crippen LogP contribution in [0.5, 0.6) is 17.2 Å². The van der Waals surface area contributed by atoms with Crippen molar-refractivity contribution in [3.63, 3.8) is 0 Å². The molecule has 3 rings (SSSR count). The number of benzene rings is 2. The monoisotopic (exact) mass is 384 g/mol. The molecule has 1 N–H and O–H groups in total. The van der Waals surface area contributed by atoms with E-state index in [1.54, 1.807) is 12.1 Å². The summed E-state index contributed by atoms with van der Waals surface area (Å²) in [7, 11) is 1.84. The SMILES string of the molecule is CC(=O)c1cc2c(cc1NC(=O)CN(C)CCOc1ccccc1C)OCO2. The van der Waals surface area contributed by atoms with Crippen LogP contribution < -0.4 is 19.5 Å². The first-order valence-electron chi connectivity index (χ1n) is 9.05. The Hall–Kier alpha value is -3.06. The predicted molar refractivity (Wildman–Crippen MR) is 105 cm³/mol. The van der Waals surface area contributed by atoms with E-state index in [0.717, 1.165) is 11.3 Å². The van der Waals surface area contributed by atoms with E-state index in [1.165, 1.54) is 6.92 Å². The van der Waals surface area contributed by atoms with Crippen molar-refractivity contribution >= 4 is 17.4 Å². The van der Waals surface area contributed by atoms with Crippen LogP contribution in [-0.2, 0) is 4.79 Å².